The van der Waals surface area contributed by atoms with Crippen molar-refractivity contribution in [3.05, 3.63) is 59.9 Å². The average Bonchev–Trinajstić information content (AvgIpc) is 3.69. The van der Waals surface area contributed by atoms with Crippen LogP contribution in [0, 0.1) is 6.92 Å². The molecule has 0 saturated carbocycles. The van der Waals surface area contributed by atoms with Gasteiger partial charge in [-0.25, -0.2) is 14.8 Å². The minimum absolute atomic E-state index is 0.317. The third-order valence-electron chi connectivity index (χ3n) is 8.16. The lowest BCUT2D eigenvalue weighted by Crippen LogP contribution is -2.34. The van der Waals surface area contributed by atoms with Crippen molar-refractivity contribution in [3.8, 4) is 34.2 Å². The van der Waals surface area contributed by atoms with E-state index in [0.717, 1.165) is 51.8 Å². The Bertz CT molecular complexity index is 1770. The van der Waals surface area contributed by atoms with Crippen LogP contribution in [0.15, 0.2) is 42.9 Å². The Morgan fingerprint density at radius 1 is 0.878 bits per heavy atom. The van der Waals surface area contributed by atoms with Crippen LogP contribution >= 0.6 is 0 Å². The molecule has 1 aliphatic heterocycles. The molecule has 0 radical (unpaired) electrons. The highest BCUT2D eigenvalue weighted by atomic mass is 28.3. The van der Waals surface area contributed by atoms with Crippen molar-refractivity contribution < 1.29 is 19.0 Å². The number of carbonyl (C=O) groups is 1. The van der Waals surface area contributed by atoms with Crippen LogP contribution in [0.2, 0.25) is 51.4 Å². The van der Waals surface area contributed by atoms with Gasteiger partial charge in [0.05, 0.1) is 42.2 Å². The van der Waals surface area contributed by atoms with E-state index in [4.69, 9.17) is 34.1 Å². The predicted molar refractivity (Wildman–Crippen MR) is 198 cm³/mol. The third kappa shape index (κ3) is 9.74. The molecule has 0 N–H and O–H groups in total. The molecule has 5 rings (SSSR count). The fourth-order valence-corrected chi connectivity index (χ4v) is 6.98. The summed E-state index contributed by atoms with van der Waals surface area (Å²) >= 11 is 0. The van der Waals surface area contributed by atoms with Crippen LogP contribution < -0.4 is 0 Å². The summed E-state index contributed by atoms with van der Waals surface area (Å²) in [5.41, 5.74) is 6.23. The van der Waals surface area contributed by atoms with Crippen LogP contribution in [0.1, 0.15) is 37.9 Å². The van der Waals surface area contributed by atoms with E-state index >= 15 is 0 Å². The number of hydrogen-bond acceptors (Lipinski definition) is 8. The Kier molecular flexibility index (Phi) is 11.0. The number of pyridine rings is 2. The molecular weight excluding hydrogens is 651 g/mol. The van der Waals surface area contributed by atoms with Gasteiger partial charge in [0.1, 0.15) is 30.5 Å². The highest BCUT2D eigenvalue weighted by molar-refractivity contribution is 6.76. The molecule has 1 amide bonds. The summed E-state index contributed by atoms with van der Waals surface area (Å²) < 4.78 is 22.3. The molecule has 0 atom stereocenters. The minimum atomic E-state index is -1.28. The minimum Gasteiger partial charge on any atom is -0.444 e. The Morgan fingerprint density at radius 3 is 2.22 bits per heavy atom. The zero-order chi connectivity index (χ0) is 35.6. The molecule has 4 aromatic heterocycles. The number of nitrogens with zero attached hydrogens (tertiary/aromatic N) is 7. The van der Waals surface area contributed by atoms with E-state index in [0.29, 0.717) is 51.3 Å². The second kappa shape index (κ2) is 14.7. The Morgan fingerprint density at radius 2 is 1.57 bits per heavy atom. The summed E-state index contributed by atoms with van der Waals surface area (Å²) in [6, 6.07) is 12.2. The van der Waals surface area contributed by atoms with Crippen LogP contribution in [-0.4, -0.2) is 75.0 Å². The second-order valence-electron chi connectivity index (χ2n) is 16.3. The van der Waals surface area contributed by atoms with Crippen LogP contribution in [0.3, 0.4) is 0 Å². The van der Waals surface area contributed by atoms with Crippen LogP contribution in [-0.2, 0) is 40.8 Å². The van der Waals surface area contributed by atoms with Gasteiger partial charge in [-0.05, 0) is 64.0 Å². The molecule has 49 heavy (non-hydrogen) atoms. The molecule has 11 nitrogen and oxygen atoms in total. The van der Waals surface area contributed by atoms with Crippen molar-refractivity contribution in [2.75, 3.05) is 13.2 Å². The maximum absolute atomic E-state index is 13.0. The van der Waals surface area contributed by atoms with Gasteiger partial charge in [-0.1, -0.05) is 45.3 Å². The molecule has 264 valence electrons. The molecule has 1 aliphatic rings. The summed E-state index contributed by atoms with van der Waals surface area (Å²) in [7, 11) is -2.52. The first-order chi connectivity index (χ1) is 23.0. The summed E-state index contributed by atoms with van der Waals surface area (Å²) in [6.07, 6.45) is 3.29. The molecule has 0 aromatic carbocycles. The number of rotatable bonds is 13. The second-order valence-corrected chi connectivity index (χ2v) is 27.5. The Hall–Kier alpha value is -3.66. The molecule has 0 spiro atoms. The van der Waals surface area contributed by atoms with Crippen LogP contribution in [0.4, 0.5) is 4.79 Å². The first-order valence-corrected chi connectivity index (χ1v) is 24.6. The predicted octanol–water partition coefficient (Wildman–Crippen LogP) is 8.05. The zero-order valence-corrected chi connectivity index (χ0v) is 33.0. The third-order valence-corrected chi connectivity index (χ3v) is 11.6. The number of hydrogen-bond donors (Lipinski definition) is 0. The highest BCUT2D eigenvalue weighted by Crippen LogP contribution is 2.34. The summed E-state index contributed by atoms with van der Waals surface area (Å²) in [4.78, 5) is 34.2. The number of aromatic nitrogens is 6. The molecule has 0 saturated heterocycles. The molecule has 0 fully saturated rings. The van der Waals surface area contributed by atoms with Gasteiger partial charge in [-0.15, -0.1) is 0 Å². The van der Waals surface area contributed by atoms with E-state index in [1.807, 2.05) is 69.1 Å². The van der Waals surface area contributed by atoms with Crippen molar-refractivity contribution in [2.24, 2.45) is 0 Å². The Labute approximate surface area is 293 Å². The number of ether oxygens (including phenoxy) is 3. The smallest absolute Gasteiger partial charge is 0.410 e. The number of carbonyl (C=O) groups excluding carboxylic acids is 1. The quantitative estimate of drug-likeness (QED) is 0.102. The van der Waals surface area contributed by atoms with E-state index in [9.17, 15) is 4.79 Å². The van der Waals surface area contributed by atoms with E-state index < -0.39 is 21.7 Å². The van der Waals surface area contributed by atoms with Crippen molar-refractivity contribution in [3.63, 3.8) is 0 Å². The fraction of sp³-hybridized carbons (Fsp3) is 0.528. The number of amides is 1. The van der Waals surface area contributed by atoms with Gasteiger partial charge in [0.2, 0.25) is 0 Å². The Balaban J connectivity index is 1.50. The molecule has 0 unspecified atom stereocenters. The SMILES string of the molecule is Cc1cccc(-c2ncn(COCC[Si](C)(C)C)c2-c2ccnc(-c3nc4c(n3COCC[Si](C)(C)C)CN(C(=O)OC(C)(C)C)C4)c2)n1. The molecule has 0 aliphatic carbocycles. The van der Waals surface area contributed by atoms with E-state index in [1.54, 1.807) is 4.90 Å². The van der Waals surface area contributed by atoms with E-state index in [2.05, 4.69) is 49.9 Å². The molecular formula is C36H53N7O4Si2. The van der Waals surface area contributed by atoms with Crippen molar-refractivity contribution in [2.45, 2.75) is 111 Å². The maximum atomic E-state index is 13.0. The summed E-state index contributed by atoms with van der Waals surface area (Å²) in [6.45, 7) is 24.5. The summed E-state index contributed by atoms with van der Waals surface area (Å²) in [5, 5.41) is 0. The summed E-state index contributed by atoms with van der Waals surface area (Å²) in [5.74, 6) is 0.705. The first-order valence-electron chi connectivity index (χ1n) is 17.2. The van der Waals surface area contributed by atoms with Crippen molar-refractivity contribution in [1.82, 2.24) is 34.0 Å². The van der Waals surface area contributed by atoms with Gasteiger partial charge in [-0.2, -0.15) is 0 Å². The average molecular weight is 704 g/mol. The van der Waals surface area contributed by atoms with Crippen molar-refractivity contribution >= 4 is 22.2 Å². The fourth-order valence-electron chi connectivity index (χ4n) is 5.47. The van der Waals surface area contributed by atoms with Gasteiger partial charge >= 0.3 is 6.09 Å². The zero-order valence-electron chi connectivity index (χ0n) is 31.0. The van der Waals surface area contributed by atoms with Gasteiger partial charge < -0.3 is 23.3 Å². The molecule has 5 heterocycles. The van der Waals surface area contributed by atoms with Crippen LogP contribution in [0.25, 0.3) is 34.2 Å². The van der Waals surface area contributed by atoms with E-state index in [-0.39, 0.29) is 6.09 Å². The number of aryl methyl sites for hydroxylation is 1. The van der Waals surface area contributed by atoms with Gasteiger partial charge in [0.15, 0.2) is 5.82 Å². The monoisotopic (exact) mass is 703 g/mol. The molecule has 4 aromatic rings. The lowest BCUT2D eigenvalue weighted by molar-refractivity contribution is 0.0232. The highest BCUT2D eigenvalue weighted by Gasteiger charge is 2.33. The normalized spacial score (nSPS) is 13.6. The number of fused-ring (bicyclic) bond motifs is 1. The molecule has 13 heteroatoms. The van der Waals surface area contributed by atoms with E-state index in [1.165, 1.54) is 0 Å². The van der Waals surface area contributed by atoms with Crippen LogP contribution in [0.5, 0.6) is 0 Å². The largest absolute Gasteiger partial charge is 0.444 e. The van der Waals surface area contributed by atoms with Gasteiger partial charge in [-0.3, -0.25) is 14.9 Å². The standard InChI is InChI=1S/C36H53N7O4Si2/c1-26-12-11-13-28(39-26)32-33(42(23-38-32)24-45-16-18-48(5,6)7)27-14-15-37-29(20-27)34-40-30-21-41(35(44)47-36(2,3)4)22-31(30)43(34)25-46-17-19-49(8,9)10/h11-15,20,23H,16-19,21-22,24-25H2,1-10H3. The molecule has 0 bridgehead atoms. The topological polar surface area (TPSA) is 109 Å². The first kappa shape index (κ1) is 36.6. The van der Waals surface area contributed by atoms with Crippen molar-refractivity contribution in [1.29, 1.82) is 0 Å². The van der Waals surface area contributed by atoms with Gasteiger partial charge in [0, 0.05) is 46.8 Å². The number of imidazole rings is 2. The lowest BCUT2D eigenvalue weighted by Gasteiger charge is -2.24. The van der Waals surface area contributed by atoms with Gasteiger partial charge in [0.25, 0.3) is 0 Å². The maximum Gasteiger partial charge on any atom is 0.410 e. The lowest BCUT2D eigenvalue weighted by atomic mass is 10.1.